The summed E-state index contributed by atoms with van der Waals surface area (Å²) in [6, 6.07) is 0. The molecule has 0 aromatic heterocycles. The van der Waals surface area contributed by atoms with E-state index in [0.717, 1.165) is 0 Å². The Labute approximate surface area is 100 Å². The van der Waals surface area contributed by atoms with Crippen LogP contribution in [0.3, 0.4) is 0 Å². The Morgan fingerprint density at radius 2 is 2.00 bits per heavy atom. The predicted molar refractivity (Wildman–Crippen MR) is 52.5 cm³/mol. The Morgan fingerprint density at radius 1 is 1.50 bits per heavy atom. The number of ether oxygens (including phenoxy) is 1. The van der Waals surface area contributed by atoms with Gasteiger partial charge >= 0.3 is 12.1 Å². The van der Waals surface area contributed by atoms with Crippen molar-refractivity contribution >= 4 is 5.97 Å². The second kappa shape index (κ2) is 4.22. The van der Waals surface area contributed by atoms with Gasteiger partial charge in [-0.25, -0.2) is 4.79 Å². The average Bonchev–Trinajstić information content (AvgIpc) is 2.12. The Kier molecular flexibility index (Phi) is 3.50. The second-order valence-electron chi connectivity index (χ2n) is 4.50. The van der Waals surface area contributed by atoms with Gasteiger partial charge in [0.15, 0.2) is 11.9 Å². The molecule has 0 amide bonds. The first-order chi connectivity index (χ1) is 7.91. The smallest absolute Gasteiger partial charge is 0.417 e. The molecule has 0 spiro atoms. The van der Waals surface area contributed by atoms with Crippen LogP contribution >= 0.6 is 0 Å². The van der Waals surface area contributed by atoms with Crippen LogP contribution in [0.2, 0.25) is 0 Å². The predicted octanol–water partition coefficient (Wildman–Crippen LogP) is 0.808. The van der Waals surface area contributed by atoms with Gasteiger partial charge in [-0.05, 0) is 6.92 Å². The molecule has 18 heavy (non-hydrogen) atoms. The van der Waals surface area contributed by atoms with Crippen LogP contribution in [-0.2, 0) is 9.53 Å². The highest BCUT2D eigenvalue weighted by Gasteiger charge is 2.61. The summed E-state index contributed by atoms with van der Waals surface area (Å²) in [5.74, 6) is -1.63. The van der Waals surface area contributed by atoms with Gasteiger partial charge in [-0.3, -0.25) is 0 Å². The van der Waals surface area contributed by atoms with E-state index in [1.165, 1.54) is 0 Å². The molecule has 0 aromatic carbocycles. The molecule has 104 valence electrons. The van der Waals surface area contributed by atoms with Crippen LogP contribution in [0.5, 0.6) is 0 Å². The minimum atomic E-state index is -4.86. The number of aliphatic hydroxyl groups excluding tert-OH is 1. The van der Waals surface area contributed by atoms with Crippen molar-refractivity contribution in [3.05, 3.63) is 12.2 Å². The summed E-state index contributed by atoms with van der Waals surface area (Å²) in [5.41, 5.74) is -6.01. The molecule has 8 heteroatoms. The van der Waals surface area contributed by atoms with Crippen molar-refractivity contribution in [3.63, 3.8) is 0 Å². The van der Waals surface area contributed by atoms with Gasteiger partial charge in [0.25, 0.3) is 0 Å². The lowest BCUT2D eigenvalue weighted by Gasteiger charge is -2.45. The highest BCUT2D eigenvalue weighted by atomic mass is 19.4. The maximum absolute atomic E-state index is 12.8. The molecule has 3 N–H and O–H groups in total. The Hall–Kier alpha value is -1.12. The number of aliphatic carboxylic acids is 1. The number of rotatable bonds is 2. The third kappa shape index (κ3) is 2.50. The topological polar surface area (TPSA) is 87.0 Å². The van der Waals surface area contributed by atoms with E-state index in [0.29, 0.717) is 6.92 Å². The summed E-state index contributed by atoms with van der Waals surface area (Å²) in [5, 5.41) is 27.9. The van der Waals surface area contributed by atoms with Gasteiger partial charge in [-0.2, -0.15) is 13.2 Å². The number of aliphatic hydroxyl groups is 2. The zero-order valence-corrected chi connectivity index (χ0v) is 9.49. The third-order valence-electron chi connectivity index (χ3n) is 2.96. The number of hydrogen-bond acceptors (Lipinski definition) is 4. The molecule has 1 aliphatic rings. The molecule has 1 rings (SSSR count). The van der Waals surface area contributed by atoms with E-state index in [-0.39, 0.29) is 0 Å². The van der Waals surface area contributed by atoms with Crippen LogP contribution in [0, 0.1) is 0 Å². The number of hydrogen-bond donors (Lipinski definition) is 3. The van der Waals surface area contributed by atoms with Crippen LogP contribution in [0.25, 0.3) is 0 Å². The largest absolute Gasteiger partial charge is 0.478 e. The van der Waals surface area contributed by atoms with Crippen molar-refractivity contribution in [2.24, 2.45) is 0 Å². The zero-order valence-electron chi connectivity index (χ0n) is 9.49. The number of carboxylic acids is 1. The molecule has 0 aromatic rings. The first-order valence-electron chi connectivity index (χ1n) is 4.99. The lowest BCUT2D eigenvalue weighted by Crippen LogP contribution is -2.59. The molecule has 0 radical (unpaired) electrons. The lowest BCUT2D eigenvalue weighted by molar-refractivity contribution is -0.346. The highest BCUT2D eigenvalue weighted by molar-refractivity contribution is 5.88. The molecule has 1 fully saturated rings. The monoisotopic (exact) mass is 270 g/mol. The number of halogens is 3. The minimum absolute atomic E-state index is 0.634. The summed E-state index contributed by atoms with van der Waals surface area (Å²) in [4.78, 5) is 10.7. The van der Waals surface area contributed by atoms with Gasteiger partial charge in [-0.1, -0.05) is 6.58 Å². The van der Waals surface area contributed by atoms with Gasteiger partial charge in [0, 0.05) is 12.8 Å². The molecule has 3 unspecified atom stereocenters. The maximum Gasteiger partial charge on any atom is 0.417 e. The fourth-order valence-corrected chi connectivity index (χ4v) is 1.90. The fraction of sp³-hybridized carbons (Fsp3) is 0.700. The van der Waals surface area contributed by atoms with Crippen molar-refractivity contribution in [3.8, 4) is 0 Å². The Morgan fingerprint density at radius 3 is 2.39 bits per heavy atom. The minimum Gasteiger partial charge on any atom is -0.478 e. The fourth-order valence-electron chi connectivity index (χ4n) is 1.90. The quantitative estimate of drug-likeness (QED) is 0.646. The molecule has 0 saturated carbocycles. The van der Waals surface area contributed by atoms with E-state index < -0.39 is 48.1 Å². The Bertz CT molecular complexity index is 380. The summed E-state index contributed by atoms with van der Waals surface area (Å²) in [6.07, 6.45) is -8.50. The van der Waals surface area contributed by atoms with Crippen LogP contribution in [0.4, 0.5) is 13.2 Å². The van der Waals surface area contributed by atoms with Crippen LogP contribution < -0.4 is 0 Å². The Balaban J connectivity index is 3.12. The normalized spacial score (nSPS) is 37.3. The van der Waals surface area contributed by atoms with E-state index >= 15 is 0 Å². The molecular weight excluding hydrogens is 257 g/mol. The standard InChI is InChI=1S/C10H13F3O5/c1-5(7(15)16)9(17)3-6(14)18-8(2,4-9)10(11,12)13/h6,14,17H,1,3-4H2,2H3,(H,15,16). The van der Waals surface area contributed by atoms with E-state index in [1.807, 2.05) is 0 Å². The van der Waals surface area contributed by atoms with Crippen molar-refractivity contribution in [1.82, 2.24) is 0 Å². The van der Waals surface area contributed by atoms with Crippen molar-refractivity contribution in [2.75, 3.05) is 0 Å². The molecule has 0 bridgehead atoms. The van der Waals surface area contributed by atoms with E-state index in [2.05, 4.69) is 11.3 Å². The van der Waals surface area contributed by atoms with Crippen molar-refractivity contribution in [2.45, 2.75) is 43.4 Å². The van der Waals surface area contributed by atoms with Gasteiger partial charge in [0.2, 0.25) is 0 Å². The summed E-state index contributed by atoms with van der Waals surface area (Å²) < 4.78 is 42.7. The summed E-state index contributed by atoms with van der Waals surface area (Å²) >= 11 is 0. The lowest BCUT2D eigenvalue weighted by atomic mass is 9.78. The van der Waals surface area contributed by atoms with Gasteiger partial charge < -0.3 is 20.1 Å². The SMILES string of the molecule is C=C(C(=O)O)C1(O)CC(O)OC(C)(C(F)(F)F)C1. The number of carboxylic acid groups (broad SMARTS) is 1. The highest BCUT2D eigenvalue weighted by Crippen LogP contribution is 2.46. The van der Waals surface area contributed by atoms with Gasteiger partial charge in [-0.15, -0.1) is 0 Å². The van der Waals surface area contributed by atoms with Crippen LogP contribution in [0.15, 0.2) is 12.2 Å². The van der Waals surface area contributed by atoms with Crippen molar-refractivity contribution in [1.29, 1.82) is 0 Å². The van der Waals surface area contributed by atoms with Gasteiger partial charge in [0.1, 0.15) is 5.60 Å². The van der Waals surface area contributed by atoms with Crippen LogP contribution in [-0.4, -0.2) is 45.0 Å². The van der Waals surface area contributed by atoms with Crippen molar-refractivity contribution < 1.29 is 38.0 Å². The second-order valence-corrected chi connectivity index (χ2v) is 4.50. The number of alkyl halides is 3. The first-order valence-corrected chi connectivity index (χ1v) is 4.99. The molecule has 5 nitrogen and oxygen atoms in total. The summed E-state index contributed by atoms with van der Waals surface area (Å²) in [7, 11) is 0. The van der Waals surface area contributed by atoms with Gasteiger partial charge in [0.05, 0.1) is 5.57 Å². The first kappa shape index (κ1) is 14.9. The molecule has 1 heterocycles. The maximum atomic E-state index is 12.8. The molecule has 0 aliphatic carbocycles. The molecule has 1 aliphatic heterocycles. The zero-order chi connectivity index (χ0) is 14.4. The average molecular weight is 270 g/mol. The molecular formula is C10H13F3O5. The molecule has 3 atom stereocenters. The van der Waals surface area contributed by atoms with E-state index in [9.17, 15) is 28.2 Å². The van der Waals surface area contributed by atoms with Crippen LogP contribution in [0.1, 0.15) is 19.8 Å². The van der Waals surface area contributed by atoms with E-state index in [1.54, 1.807) is 0 Å². The van der Waals surface area contributed by atoms with E-state index in [4.69, 9.17) is 5.11 Å². The number of carbonyl (C=O) groups is 1. The molecule has 1 saturated heterocycles. The third-order valence-corrected chi connectivity index (χ3v) is 2.96. The summed E-state index contributed by atoms with van der Waals surface area (Å²) in [6.45, 7) is 3.68.